The smallest absolute Gasteiger partial charge is 0.255 e. The second-order valence-corrected chi connectivity index (χ2v) is 14.2. The molecule has 8 rings (SSSR count). The van der Waals surface area contributed by atoms with E-state index >= 15 is 0 Å². The maximum absolute atomic E-state index is 14.9. The Morgan fingerprint density at radius 2 is 1.78 bits per heavy atom. The van der Waals surface area contributed by atoms with Gasteiger partial charge in [-0.05, 0) is 73.0 Å². The van der Waals surface area contributed by atoms with E-state index in [2.05, 4.69) is 9.88 Å². The van der Waals surface area contributed by atoms with Gasteiger partial charge in [-0.15, -0.1) is 0 Å². The van der Waals surface area contributed by atoms with E-state index in [0.29, 0.717) is 33.3 Å². The van der Waals surface area contributed by atoms with Gasteiger partial charge in [-0.3, -0.25) is 9.10 Å². The number of carbonyl (C=O) groups excluding carboxylic acids is 1. The molecule has 1 spiro atoms. The van der Waals surface area contributed by atoms with Gasteiger partial charge in [0, 0.05) is 54.0 Å². The molecule has 232 valence electrons. The summed E-state index contributed by atoms with van der Waals surface area (Å²) in [6, 6.07) is 19.7. The number of halogens is 2. The maximum Gasteiger partial charge on any atom is 0.255 e. The summed E-state index contributed by atoms with van der Waals surface area (Å²) in [6.45, 7) is 0.730. The van der Waals surface area contributed by atoms with Crippen molar-refractivity contribution in [3.05, 3.63) is 95.6 Å². The van der Waals surface area contributed by atoms with Crippen LogP contribution in [0, 0.1) is 11.6 Å². The number of fused-ring (bicyclic) bond motifs is 7. The molecule has 1 aliphatic carbocycles. The summed E-state index contributed by atoms with van der Waals surface area (Å²) in [5, 5.41) is 3.62. The lowest BCUT2D eigenvalue weighted by Gasteiger charge is -2.28. The monoisotopic (exact) mass is 638 g/mol. The molecule has 0 unspecified atom stereocenters. The van der Waals surface area contributed by atoms with Crippen molar-refractivity contribution in [1.29, 1.82) is 0 Å². The third-order valence-corrected chi connectivity index (χ3v) is 10.6. The van der Waals surface area contributed by atoms with Crippen molar-refractivity contribution < 1.29 is 26.4 Å². The summed E-state index contributed by atoms with van der Waals surface area (Å²) < 4.78 is 63.9. The highest BCUT2D eigenvalue weighted by Gasteiger charge is 2.49. The van der Waals surface area contributed by atoms with E-state index in [1.54, 1.807) is 18.2 Å². The van der Waals surface area contributed by atoms with Crippen LogP contribution in [-0.2, 0) is 22.0 Å². The minimum Gasteiger partial charge on any atom is -0.455 e. The first-order chi connectivity index (χ1) is 22.0. The van der Waals surface area contributed by atoms with Crippen molar-refractivity contribution in [2.24, 2.45) is 0 Å². The van der Waals surface area contributed by atoms with E-state index in [0.717, 1.165) is 52.4 Å². The Hall–Kier alpha value is -5.03. The molecule has 0 saturated heterocycles. The summed E-state index contributed by atoms with van der Waals surface area (Å²) in [5.74, 6) is -0.939. The van der Waals surface area contributed by atoms with Crippen molar-refractivity contribution in [3.63, 3.8) is 0 Å². The summed E-state index contributed by atoms with van der Waals surface area (Å²) in [5.41, 5.74) is 5.53. The lowest BCUT2D eigenvalue weighted by atomic mass is 9.89. The molecule has 3 aromatic heterocycles. The Labute approximate surface area is 263 Å². The van der Waals surface area contributed by atoms with Gasteiger partial charge in [0.2, 0.25) is 10.0 Å². The third kappa shape index (κ3) is 4.18. The number of rotatable bonds is 5. The molecule has 4 heterocycles. The normalized spacial score (nSPS) is 14.8. The highest BCUT2D eigenvalue weighted by atomic mass is 32.2. The van der Waals surface area contributed by atoms with Gasteiger partial charge in [0.15, 0.2) is 0 Å². The van der Waals surface area contributed by atoms with Crippen LogP contribution in [0.15, 0.2) is 77.2 Å². The number of hydrogen-bond acceptors (Lipinski definition) is 5. The minimum atomic E-state index is -3.74. The molecular weight excluding hydrogens is 610 g/mol. The van der Waals surface area contributed by atoms with Crippen LogP contribution in [0.1, 0.15) is 28.8 Å². The number of anilines is 1. The van der Waals surface area contributed by atoms with Crippen LogP contribution in [0.25, 0.3) is 55.8 Å². The number of hydrogen-bond donors (Lipinski definition) is 1. The average molecular weight is 639 g/mol. The Kier molecular flexibility index (Phi) is 6.02. The molecule has 1 fully saturated rings. The number of nitrogens with one attached hydrogen (secondary N) is 1. The first-order valence-electron chi connectivity index (χ1n) is 14.8. The van der Waals surface area contributed by atoms with Crippen molar-refractivity contribution in [2.45, 2.75) is 24.8 Å². The molecule has 1 saturated carbocycles. The number of aromatic nitrogens is 2. The maximum atomic E-state index is 14.9. The molecule has 6 aromatic rings. The highest BCUT2D eigenvalue weighted by Crippen LogP contribution is 2.56. The first kappa shape index (κ1) is 28.4. The summed E-state index contributed by atoms with van der Waals surface area (Å²) in [4.78, 5) is 18.4. The van der Waals surface area contributed by atoms with Crippen molar-refractivity contribution in [2.75, 3.05) is 24.7 Å². The number of pyridine rings is 1. The molecule has 3 aromatic carbocycles. The SMILES string of the molecule is CNC(=O)c1c(-c2ccc(F)cc2)oc2cc(N(C)S(C)(=O)=O)c(-c3ccc4c(n3)-c3cc5c(F)cccc5n3CC43CC3)cc12. The van der Waals surface area contributed by atoms with E-state index < -0.39 is 21.7 Å². The highest BCUT2D eigenvalue weighted by molar-refractivity contribution is 7.92. The van der Waals surface area contributed by atoms with Crippen molar-refractivity contribution in [3.8, 4) is 34.0 Å². The molecule has 0 radical (unpaired) electrons. The molecule has 1 N–H and O–H groups in total. The molecule has 1 amide bonds. The van der Waals surface area contributed by atoms with Gasteiger partial charge in [0.25, 0.3) is 5.91 Å². The van der Waals surface area contributed by atoms with Gasteiger partial charge in [0.1, 0.15) is 23.0 Å². The van der Waals surface area contributed by atoms with Crippen LogP contribution in [0.5, 0.6) is 0 Å². The predicted molar refractivity (Wildman–Crippen MR) is 173 cm³/mol. The van der Waals surface area contributed by atoms with Gasteiger partial charge >= 0.3 is 0 Å². The van der Waals surface area contributed by atoms with E-state index in [9.17, 15) is 22.0 Å². The minimum absolute atomic E-state index is 0.0938. The third-order valence-electron chi connectivity index (χ3n) is 9.40. The lowest BCUT2D eigenvalue weighted by Crippen LogP contribution is -2.26. The van der Waals surface area contributed by atoms with Crippen LogP contribution < -0.4 is 9.62 Å². The Morgan fingerprint density at radius 3 is 2.48 bits per heavy atom. The van der Waals surface area contributed by atoms with Gasteiger partial charge in [-0.1, -0.05) is 12.1 Å². The Balaban J connectivity index is 1.40. The predicted octanol–water partition coefficient (Wildman–Crippen LogP) is 6.86. The molecular formula is C35H28F2N4O4S. The van der Waals surface area contributed by atoms with Gasteiger partial charge in [-0.25, -0.2) is 22.2 Å². The largest absolute Gasteiger partial charge is 0.455 e. The van der Waals surface area contributed by atoms with Gasteiger partial charge < -0.3 is 14.3 Å². The number of benzene rings is 3. The van der Waals surface area contributed by atoms with Crippen LogP contribution in [0.3, 0.4) is 0 Å². The summed E-state index contributed by atoms with van der Waals surface area (Å²) in [6.07, 6.45) is 3.08. The summed E-state index contributed by atoms with van der Waals surface area (Å²) >= 11 is 0. The van der Waals surface area contributed by atoms with E-state index in [4.69, 9.17) is 9.40 Å². The van der Waals surface area contributed by atoms with E-state index in [1.807, 2.05) is 24.3 Å². The molecule has 0 bridgehead atoms. The quantitative estimate of drug-likeness (QED) is 0.223. The molecule has 1 aliphatic heterocycles. The second-order valence-electron chi connectivity index (χ2n) is 12.1. The Bertz CT molecular complexity index is 2370. The van der Waals surface area contributed by atoms with Gasteiger partial charge in [0.05, 0.1) is 40.1 Å². The van der Waals surface area contributed by atoms with E-state index in [1.165, 1.54) is 44.4 Å². The topological polar surface area (TPSA) is 97.4 Å². The number of amides is 1. The Morgan fingerprint density at radius 1 is 1.02 bits per heavy atom. The fraction of sp³-hybridized carbons (Fsp3) is 0.200. The number of carbonyl (C=O) groups is 1. The zero-order valence-corrected chi connectivity index (χ0v) is 26.0. The number of nitrogens with zero attached hydrogens (tertiary/aromatic N) is 3. The van der Waals surface area contributed by atoms with Crippen LogP contribution in [-0.4, -0.2) is 44.2 Å². The van der Waals surface area contributed by atoms with Crippen LogP contribution >= 0.6 is 0 Å². The zero-order chi connectivity index (χ0) is 32.1. The number of sulfonamides is 1. The van der Waals surface area contributed by atoms with Gasteiger partial charge in [-0.2, -0.15) is 0 Å². The molecule has 46 heavy (non-hydrogen) atoms. The number of furan rings is 1. The fourth-order valence-corrected chi connectivity index (χ4v) is 7.25. The second kappa shape index (κ2) is 9.73. The van der Waals surface area contributed by atoms with Crippen LogP contribution in [0.4, 0.5) is 14.5 Å². The molecule has 8 nitrogen and oxygen atoms in total. The standard InChI is InChI=1S/C35H28F2N4O4S/c1-38-34(42)31-23-15-22(28(40(2)46(3,43)44)17-30(23)45-33(31)19-7-9-20(36)10-8-19)26-12-11-24-32(39-26)29-16-21-25(37)5-4-6-27(21)41(29)18-35(24)13-14-35/h4-12,15-17H,13-14,18H2,1-3H3,(H,38,42). The van der Waals surface area contributed by atoms with E-state index in [-0.39, 0.29) is 28.1 Å². The summed E-state index contributed by atoms with van der Waals surface area (Å²) in [7, 11) is -0.787. The molecule has 2 aliphatic rings. The lowest BCUT2D eigenvalue weighted by molar-refractivity contribution is 0.0964. The average Bonchev–Trinajstić information content (AvgIpc) is 3.56. The molecule has 0 atom stereocenters. The fourth-order valence-electron chi connectivity index (χ4n) is 6.74. The van der Waals surface area contributed by atoms with Crippen molar-refractivity contribution >= 4 is 43.5 Å². The molecule has 11 heteroatoms. The van der Waals surface area contributed by atoms with Crippen LogP contribution in [0.2, 0.25) is 0 Å². The first-order valence-corrected chi connectivity index (χ1v) is 16.7. The zero-order valence-electron chi connectivity index (χ0n) is 25.2. The van der Waals surface area contributed by atoms with Crippen molar-refractivity contribution in [1.82, 2.24) is 14.9 Å².